The van der Waals surface area contributed by atoms with Gasteiger partial charge in [-0.1, -0.05) is 31.5 Å². The predicted molar refractivity (Wildman–Crippen MR) is 68.3 cm³/mol. The minimum atomic E-state index is 0.770. The molecule has 0 saturated carbocycles. The van der Waals surface area contributed by atoms with Crippen molar-refractivity contribution in [2.45, 2.75) is 13.8 Å². The van der Waals surface area contributed by atoms with Crippen LogP contribution in [0.2, 0.25) is 5.02 Å². The first-order chi connectivity index (χ1) is 7.74. The average Bonchev–Trinajstić information content (AvgIpc) is 2.68. The van der Waals surface area contributed by atoms with Crippen molar-refractivity contribution in [1.82, 2.24) is 4.90 Å². The molecule has 1 aromatic carbocycles. The van der Waals surface area contributed by atoms with E-state index in [2.05, 4.69) is 29.8 Å². The summed E-state index contributed by atoms with van der Waals surface area (Å²) >= 11 is 5.95. The van der Waals surface area contributed by atoms with Gasteiger partial charge in [0.1, 0.15) is 0 Å². The van der Waals surface area contributed by atoms with E-state index in [1.165, 1.54) is 10.8 Å². The maximum absolute atomic E-state index is 5.95. The minimum absolute atomic E-state index is 0.770. The second-order valence-corrected chi connectivity index (χ2v) is 4.48. The molecule has 86 valence electrons. The second kappa shape index (κ2) is 4.98. The van der Waals surface area contributed by atoms with Crippen LogP contribution in [0, 0.1) is 0 Å². The van der Waals surface area contributed by atoms with Crippen LogP contribution in [0.15, 0.2) is 23.2 Å². The van der Waals surface area contributed by atoms with Crippen LogP contribution in [0.3, 0.4) is 0 Å². The van der Waals surface area contributed by atoms with E-state index in [9.17, 15) is 0 Å². The van der Waals surface area contributed by atoms with Gasteiger partial charge in [0.05, 0.1) is 11.9 Å². The summed E-state index contributed by atoms with van der Waals surface area (Å²) in [5.74, 6) is 0. The summed E-state index contributed by atoms with van der Waals surface area (Å²) in [6.07, 6.45) is 0. The summed E-state index contributed by atoms with van der Waals surface area (Å²) in [5.41, 5.74) is 1.41. The second-order valence-electron chi connectivity index (χ2n) is 4.04. The lowest BCUT2D eigenvalue weighted by Gasteiger charge is -2.18. The smallest absolute Gasteiger partial charge is 0.0666 e. The molecule has 2 rings (SSSR count). The van der Waals surface area contributed by atoms with E-state index in [0.29, 0.717) is 0 Å². The Bertz CT molecular complexity index is 489. The van der Waals surface area contributed by atoms with E-state index in [1.807, 2.05) is 12.1 Å². The molecular formula is C13H17ClN2. The summed E-state index contributed by atoms with van der Waals surface area (Å²) in [6, 6.07) is 5.99. The Kier molecular flexibility index (Phi) is 3.62. The predicted octanol–water partition coefficient (Wildman–Crippen LogP) is 1.47. The number of benzene rings is 1. The standard InChI is InChI=1S/C13H17ClN2/c1-3-16(4-2)9-10-8-15-13-7-11(14)5-6-12(10)13/h5-7H,3-4,8-9H2,1-2H3. The number of fused-ring (bicyclic) bond motifs is 1. The van der Waals surface area contributed by atoms with E-state index in [-0.39, 0.29) is 0 Å². The third kappa shape index (κ3) is 2.28. The van der Waals surface area contributed by atoms with Crippen LogP contribution in [-0.4, -0.2) is 31.1 Å². The molecule has 0 fully saturated rings. The Morgan fingerprint density at radius 2 is 2.06 bits per heavy atom. The Morgan fingerprint density at radius 3 is 2.75 bits per heavy atom. The molecule has 1 aliphatic rings. The largest absolute Gasteiger partial charge is 0.300 e. The van der Waals surface area contributed by atoms with Crippen LogP contribution in [0.25, 0.3) is 5.57 Å². The van der Waals surface area contributed by atoms with Crippen LogP contribution in [-0.2, 0) is 0 Å². The minimum Gasteiger partial charge on any atom is -0.300 e. The lowest BCUT2D eigenvalue weighted by atomic mass is 10.2. The SMILES string of the molecule is CCN(CC)CC1=c2ccc(Cl)cc2=NC1. The van der Waals surface area contributed by atoms with Gasteiger partial charge in [-0.2, -0.15) is 0 Å². The molecule has 0 bridgehead atoms. The fourth-order valence-electron chi connectivity index (χ4n) is 2.05. The highest BCUT2D eigenvalue weighted by Gasteiger charge is 2.09. The molecule has 0 atom stereocenters. The Balaban J connectivity index is 2.34. The van der Waals surface area contributed by atoms with Crippen molar-refractivity contribution in [3.05, 3.63) is 33.8 Å². The van der Waals surface area contributed by atoms with Crippen LogP contribution >= 0.6 is 11.6 Å². The zero-order valence-corrected chi connectivity index (χ0v) is 10.6. The topological polar surface area (TPSA) is 15.6 Å². The number of halogens is 1. The zero-order chi connectivity index (χ0) is 11.5. The number of hydrogen-bond donors (Lipinski definition) is 0. The molecule has 0 unspecified atom stereocenters. The van der Waals surface area contributed by atoms with Crippen molar-refractivity contribution in [1.29, 1.82) is 0 Å². The van der Waals surface area contributed by atoms with E-state index >= 15 is 0 Å². The number of hydrogen-bond acceptors (Lipinski definition) is 2. The van der Waals surface area contributed by atoms with Gasteiger partial charge in [0.2, 0.25) is 0 Å². The summed E-state index contributed by atoms with van der Waals surface area (Å²) in [6.45, 7) is 8.40. The third-order valence-corrected chi connectivity index (χ3v) is 3.32. The van der Waals surface area contributed by atoms with Gasteiger partial charge in [-0.25, -0.2) is 0 Å². The summed E-state index contributed by atoms with van der Waals surface area (Å²) in [7, 11) is 0. The highest BCUT2D eigenvalue weighted by molar-refractivity contribution is 6.30. The van der Waals surface area contributed by atoms with Gasteiger partial charge in [-0.3, -0.25) is 9.89 Å². The van der Waals surface area contributed by atoms with E-state index < -0.39 is 0 Å². The Morgan fingerprint density at radius 1 is 1.31 bits per heavy atom. The normalized spacial score (nSPS) is 14.1. The first-order valence-corrected chi connectivity index (χ1v) is 6.16. The van der Waals surface area contributed by atoms with Gasteiger partial charge in [0, 0.05) is 16.8 Å². The highest BCUT2D eigenvalue weighted by Crippen LogP contribution is 2.05. The number of rotatable bonds is 4. The molecule has 0 N–H and O–H groups in total. The lowest BCUT2D eigenvalue weighted by Crippen LogP contribution is -2.30. The molecule has 16 heavy (non-hydrogen) atoms. The van der Waals surface area contributed by atoms with Crippen molar-refractivity contribution in [3.8, 4) is 0 Å². The van der Waals surface area contributed by atoms with Gasteiger partial charge in [0.25, 0.3) is 0 Å². The zero-order valence-electron chi connectivity index (χ0n) is 9.83. The molecule has 0 aliphatic carbocycles. The van der Waals surface area contributed by atoms with Gasteiger partial charge < -0.3 is 0 Å². The van der Waals surface area contributed by atoms with Crippen LogP contribution in [0.1, 0.15) is 13.8 Å². The van der Waals surface area contributed by atoms with E-state index in [0.717, 1.165) is 36.6 Å². The summed E-state index contributed by atoms with van der Waals surface area (Å²) in [4.78, 5) is 6.93. The summed E-state index contributed by atoms with van der Waals surface area (Å²) < 4.78 is 0. The molecule has 1 heterocycles. The lowest BCUT2D eigenvalue weighted by molar-refractivity contribution is 0.340. The van der Waals surface area contributed by atoms with Gasteiger partial charge in [-0.05, 0) is 30.8 Å². The monoisotopic (exact) mass is 236 g/mol. The van der Waals surface area contributed by atoms with Crippen molar-refractivity contribution in [2.24, 2.45) is 4.99 Å². The van der Waals surface area contributed by atoms with Crippen LogP contribution in [0.5, 0.6) is 0 Å². The maximum atomic E-state index is 5.95. The Labute approximate surface area is 101 Å². The average molecular weight is 237 g/mol. The molecule has 0 radical (unpaired) electrons. The van der Waals surface area contributed by atoms with Gasteiger partial charge >= 0.3 is 0 Å². The van der Waals surface area contributed by atoms with Crippen molar-refractivity contribution in [2.75, 3.05) is 26.2 Å². The summed E-state index contributed by atoms with van der Waals surface area (Å²) in [5, 5.41) is 3.09. The molecule has 2 nitrogen and oxygen atoms in total. The van der Waals surface area contributed by atoms with Crippen molar-refractivity contribution >= 4 is 17.2 Å². The van der Waals surface area contributed by atoms with E-state index in [4.69, 9.17) is 11.6 Å². The molecule has 3 heteroatoms. The van der Waals surface area contributed by atoms with Crippen LogP contribution in [0.4, 0.5) is 0 Å². The highest BCUT2D eigenvalue weighted by atomic mass is 35.5. The molecule has 1 aliphatic heterocycles. The fraction of sp³-hybridized carbons (Fsp3) is 0.462. The van der Waals surface area contributed by atoms with Crippen LogP contribution < -0.4 is 10.6 Å². The van der Waals surface area contributed by atoms with Crippen molar-refractivity contribution < 1.29 is 0 Å². The first kappa shape index (κ1) is 11.6. The fourth-order valence-corrected chi connectivity index (χ4v) is 2.22. The molecule has 1 aromatic rings. The van der Waals surface area contributed by atoms with Gasteiger partial charge in [-0.15, -0.1) is 0 Å². The molecular weight excluding hydrogens is 220 g/mol. The van der Waals surface area contributed by atoms with Crippen molar-refractivity contribution in [3.63, 3.8) is 0 Å². The van der Waals surface area contributed by atoms with E-state index in [1.54, 1.807) is 0 Å². The third-order valence-electron chi connectivity index (χ3n) is 3.09. The number of nitrogens with zero attached hydrogens (tertiary/aromatic N) is 2. The Hall–Kier alpha value is -0.860. The maximum Gasteiger partial charge on any atom is 0.0666 e. The molecule has 0 saturated heterocycles. The van der Waals surface area contributed by atoms with Gasteiger partial charge in [0.15, 0.2) is 0 Å². The molecule has 0 aromatic heterocycles. The molecule has 0 spiro atoms. The quantitative estimate of drug-likeness (QED) is 0.773. The molecule has 0 amide bonds. The first-order valence-electron chi connectivity index (χ1n) is 5.79.